The maximum absolute atomic E-state index is 12.2. The van der Waals surface area contributed by atoms with Gasteiger partial charge in [-0.25, -0.2) is 9.59 Å². The molecule has 0 unspecified atom stereocenters. The van der Waals surface area contributed by atoms with Crippen LogP contribution in [0.2, 0.25) is 0 Å². The van der Waals surface area contributed by atoms with Crippen LogP contribution in [0, 0.1) is 0 Å². The molecule has 0 aliphatic carbocycles. The van der Waals surface area contributed by atoms with E-state index >= 15 is 0 Å². The lowest BCUT2D eigenvalue weighted by molar-refractivity contribution is -0.147. The molecule has 132 valence electrons. The Hall–Kier alpha value is -2.86. The van der Waals surface area contributed by atoms with Crippen molar-refractivity contribution in [3.63, 3.8) is 0 Å². The standard InChI is InChI=1S/C19H22N2O4/c20-12-11-17(18(22)24-13-15-7-3-1-4-8-15)21-19(23)25-14-16-9-5-2-6-10-16/h1-10,17H,11-14,20H2,(H,21,23)/t17-/m0/s1. The molecule has 0 fully saturated rings. The van der Waals surface area contributed by atoms with Crippen LogP contribution in [0.4, 0.5) is 4.79 Å². The second kappa shape index (κ2) is 10.1. The van der Waals surface area contributed by atoms with Crippen molar-refractivity contribution in [3.8, 4) is 0 Å². The largest absolute Gasteiger partial charge is 0.459 e. The van der Waals surface area contributed by atoms with Crippen molar-refractivity contribution in [1.82, 2.24) is 5.32 Å². The summed E-state index contributed by atoms with van der Waals surface area (Å²) in [5.74, 6) is -0.536. The van der Waals surface area contributed by atoms with Crippen LogP contribution in [-0.4, -0.2) is 24.6 Å². The van der Waals surface area contributed by atoms with E-state index in [1.165, 1.54) is 0 Å². The highest BCUT2D eigenvalue weighted by Gasteiger charge is 2.22. The average molecular weight is 342 g/mol. The highest BCUT2D eigenvalue weighted by molar-refractivity contribution is 5.81. The number of amides is 1. The highest BCUT2D eigenvalue weighted by Crippen LogP contribution is 2.05. The van der Waals surface area contributed by atoms with Gasteiger partial charge in [0.05, 0.1) is 0 Å². The number of hydrogen-bond donors (Lipinski definition) is 2. The molecule has 0 bridgehead atoms. The molecule has 2 aromatic carbocycles. The van der Waals surface area contributed by atoms with Crippen LogP contribution in [0.3, 0.4) is 0 Å². The molecule has 1 amide bonds. The first-order valence-electron chi connectivity index (χ1n) is 8.07. The van der Waals surface area contributed by atoms with E-state index in [1.807, 2.05) is 60.7 Å². The minimum absolute atomic E-state index is 0.126. The number of esters is 1. The van der Waals surface area contributed by atoms with Gasteiger partial charge in [-0.3, -0.25) is 0 Å². The summed E-state index contributed by atoms with van der Waals surface area (Å²) in [7, 11) is 0. The third kappa shape index (κ3) is 6.64. The van der Waals surface area contributed by atoms with Crippen molar-refractivity contribution >= 4 is 12.1 Å². The van der Waals surface area contributed by atoms with Gasteiger partial charge in [0.15, 0.2) is 0 Å². The monoisotopic (exact) mass is 342 g/mol. The Morgan fingerprint density at radius 2 is 1.40 bits per heavy atom. The molecule has 0 heterocycles. The number of nitrogens with one attached hydrogen (secondary N) is 1. The fraction of sp³-hybridized carbons (Fsp3) is 0.263. The number of alkyl carbamates (subject to hydrolysis) is 1. The molecule has 25 heavy (non-hydrogen) atoms. The minimum atomic E-state index is -0.836. The van der Waals surface area contributed by atoms with Crippen LogP contribution in [0.15, 0.2) is 60.7 Å². The van der Waals surface area contributed by atoms with E-state index in [2.05, 4.69) is 5.32 Å². The summed E-state index contributed by atoms with van der Waals surface area (Å²) in [5, 5.41) is 2.51. The van der Waals surface area contributed by atoms with Gasteiger partial charge in [0, 0.05) is 0 Å². The van der Waals surface area contributed by atoms with Crippen LogP contribution < -0.4 is 11.1 Å². The van der Waals surface area contributed by atoms with Crippen molar-refractivity contribution in [1.29, 1.82) is 0 Å². The molecule has 0 radical (unpaired) electrons. The number of nitrogens with two attached hydrogens (primary N) is 1. The van der Waals surface area contributed by atoms with Crippen LogP contribution >= 0.6 is 0 Å². The molecule has 3 N–H and O–H groups in total. The third-order valence-corrected chi connectivity index (χ3v) is 3.47. The number of rotatable bonds is 8. The van der Waals surface area contributed by atoms with E-state index in [-0.39, 0.29) is 26.2 Å². The first kappa shape index (κ1) is 18.5. The lowest BCUT2D eigenvalue weighted by atomic mass is 10.2. The van der Waals surface area contributed by atoms with E-state index in [0.29, 0.717) is 0 Å². The number of carbonyl (C=O) groups excluding carboxylic acids is 2. The summed E-state index contributed by atoms with van der Waals surface area (Å²) in [5.41, 5.74) is 7.25. The average Bonchev–Trinajstić information content (AvgIpc) is 2.66. The third-order valence-electron chi connectivity index (χ3n) is 3.47. The Bertz CT molecular complexity index is 662. The molecule has 0 spiro atoms. The molecule has 0 saturated heterocycles. The maximum atomic E-state index is 12.2. The molecular weight excluding hydrogens is 320 g/mol. The van der Waals surface area contributed by atoms with Gasteiger partial charge >= 0.3 is 12.1 Å². The van der Waals surface area contributed by atoms with Gasteiger partial charge in [0.1, 0.15) is 19.3 Å². The number of benzene rings is 2. The molecule has 6 heteroatoms. The van der Waals surface area contributed by atoms with Crippen molar-refractivity contribution in [2.24, 2.45) is 5.73 Å². The smallest absolute Gasteiger partial charge is 0.408 e. The van der Waals surface area contributed by atoms with Gasteiger partial charge in [0.2, 0.25) is 0 Å². The van der Waals surface area contributed by atoms with Crippen LogP contribution in [0.5, 0.6) is 0 Å². The van der Waals surface area contributed by atoms with Crippen molar-refractivity contribution in [2.45, 2.75) is 25.7 Å². The summed E-state index contributed by atoms with van der Waals surface area (Å²) in [4.78, 5) is 24.1. The van der Waals surface area contributed by atoms with Crippen molar-refractivity contribution < 1.29 is 19.1 Å². The molecule has 6 nitrogen and oxygen atoms in total. The summed E-state index contributed by atoms with van der Waals surface area (Å²) in [6.07, 6.45) is -0.410. The first-order chi connectivity index (χ1) is 12.2. The van der Waals surface area contributed by atoms with E-state index < -0.39 is 18.1 Å². The minimum Gasteiger partial charge on any atom is -0.459 e. The molecule has 1 atom stereocenters. The van der Waals surface area contributed by atoms with Gasteiger partial charge < -0.3 is 20.5 Å². The lowest BCUT2D eigenvalue weighted by Crippen LogP contribution is -2.43. The Morgan fingerprint density at radius 1 is 0.880 bits per heavy atom. The Morgan fingerprint density at radius 3 is 1.92 bits per heavy atom. The first-order valence-corrected chi connectivity index (χ1v) is 8.07. The highest BCUT2D eigenvalue weighted by atomic mass is 16.6. The van der Waals surface area contributed by atoms with Gasteiger partial charge in [-0.05, 0) is 24.1 Å². The van der Waals surface area contributed by atoms with Gasteiger partial charge in [-0.15, -0.1) is 0 Å². The second-order valence-corrected chi connectivity index (χ2v) is 5.43. The van der Waals surface area contributed by atoms with E-state index in [9.17, 15) is 9.59 Å². The molecule has 2 rings (SSSR count). The fourth-order valence-corrected chi connectivity index (χ4v) is 2.15. The van der Waals surface area contributed by atoms with E-state index in [1.54, 1.807) is 0 Å². The molecule has 0 aromatic heterocycles. The lowest BCUT2D eigenvalue weighted by Gasteiger charge is -2.17. The predicted octanol–water partition coefficient (Wildman–Crippen LogP) is 2.37. The molecule has 0 saturated carbocycles. The van der Waals surface area contributed by atoms with E-state index in [4.69, 9.17) is 15.2 Å². The second-order valence-electron chi connectivity index (χ2n) is 5.43. The van der Waals surface area contributed by atoms with E-state index in [0.717, 1.165) is 11.1 Å². The normalized spacial score (nSPS) is 11.4. The predicted molar refractivity (Wildman–Crippen MR) is 93.5 cm³/mol. The topological polar surface area (TPSA) is 90.6 Å². The zero-order valence-corrected chi connectivity index (χ0v) is 13.9. The Kier molecular flexibility index (Phi) is 7.46. The number of ether oxygens (including phenoxy) is 2. The number of carbonyl (C=O) groups is 2. The van der Waals surface area contributed by atoms with Crippen LogP contribution in [0.25, 0.3) is 0 Å². The quantitative estimate of drug-likeness (QED) is 0.719. The SMILES string of the molecule is NCC[C@H](NC(=O)OCc1ccccc1)C(=O)OCc1ccccc1. The fourth-order valence-electron chi connectivity index (χ4n) is 2.15. The molecule has 2 aromatic rings. The molecule has 0 aliphatic rings. The molecular formula is C19H22N2O4. The zero-order chi connectivity index (χ0) is 17.9. The van der Waals surface area contributed by atoms with Gasteiger partial charge in [0.25, 0.3) is 0 Å². The van der Waals surface area contributed by atoms with Crippen LogP contribution in [0.1, 0.15) is 17.5 Å². The zero-order valence-electron chi connectivity index (χ0n) is 13.9. The Balaban J connectivity index is 1.81. The maximum Gasteiger partial charge on any atom is 0.408 e. The number of hydrogen-bond acceptors (Lipinski definition) is 5. The summed E-state index contributed by atoms with van der Waals surface area (Å²) >= 11 is 0. The summed E-state index contributed by atoms with van der Waals surface area (Å²) in [6, 6.07) is 17.8. The summed E-state index contributed by atoms with van der Waals surface area (Å²) in [6.45, 7) is 0.507. The Labute approximate surface area is 146 Å². The van der Waals surface area contributed by atoms with Crippen molar-refractivity contribution in [2.75, 3.05) is 6.54 Å². The summed E-state index contributed by atoms with van der Waals surface area (Å²) < 4.78 is 10.4. The van der Waals surface area contributed by atoms with Gasteiger partial charge in [-0.1, -0.05) is 60.7 Å². The molecule has 0 aliphatic heterocycles. The van der Waals surface area contributed by atoms with Crippen LogP contribution in [-0.2, 0) is 27.5 Å². The van der Waals surface area contributed by atoms with Gasteiger partial charge in [-0.2, -0.15) is 0 Å². The van der Waals surface area contributed by atoms with Crippen molar-refractivity contribution in [3.05, 3.63) is 71.8 Å².